The Morgan fingerprint density at radius 2 is 1.60 bits per heavy atom. The molecule has 5 heteroatoms. The quantitative estimate of drug-likeness (QED) is 0.297. The van der Waals surface area contributed by atoms with E-state index in [0.717, 1.165) is 0 Å². The topological polar surface area (TPSA) is 76.0 Å². The van der Waals surface area contributed by atoms with Crippen molar-refractivity contribution >= 4 is 11.5 Å². The number of benzene rings is 1. The van der Waals surface area contributed by atoms with Crippen molar-refractivity contribution < 1.29 is 9.72 Å². The van der Waals surface area contributed by atoms with Gasteiger partial charge < -0.3 is 4.98 Å². The summed E-state index contributed by atoms with van der Waals surface area (Å²) in [4.78, 5) is 23.1. The number of ketones is 1. The molecule has 140 valence electrons. The SMILES string of the molecule is C=CC.CC.CC.CC(=O)c1ccc[nH]1.Cc1ccccc1[N+](=O)[O-]. The highest BCUT2D eigenvalue weighted by atomic mass is 16.6. The van der Waals surface area contributed by atoms with Gasteiger partial charge in [0, 0.05) is 24.8 Å². The molecule has 1 N–H and O–H groups in total. The molecule has 0 aliphatic heterocycles. The molecule has 0 saturated heterocycles. The number of aromatic nitrogens is 1. The van der Waals surface area contributed by atoms with E-state index < -0.39 is 0 Å². The number of rotatable bonds is 2. The molecule has 0 radical (unpaired) electrons. The standard InChI is InChI=1S/C7H7NO2.C6H7NO.C3H6.2C2H6/c1-6-4-2-3-5-7(6)8(9)10;1-5(8)6-3-2-4-7-6;1-3-2;2*1-2/h2-5H,1H3;2-4,7H,1H3;3H,1H2,2H3;2*1-2H3. The van der Waals surface area contributed by atoms with Gasteiger partial charge in [0.15, 0.2) is 5.78 Å². The van der Waals surface area contributed by atoms with Gasteiger partial charge in [-0.05, 0) is 26.0 Å². The fraction of sp³-hybridized carbons (Fsp3) is 0.350. The number of nitrogens with zero attached hydrogens (tertiary/aromatic N) is 1. The van der Waals surface area contributed by atoms with Crippen molar-refractivity contribution in [3.8, 4) is 0 Å². The molecule has 1 aromatic heterocycles. The molecule has 25 heavy (non-hydrogen) atoms. The maximum Gasteiger partial charge on any atom is 0.272 e. The maximum absolute atomic E-state index is 10.5. The molecule has 0 saturated carbocycles. The third-order valence-corrected chi connectivity index (χ3v) is 2.29. The van der Waals surface area contributed by atoms with Gasteiger partial charge in [-0.15, -0.1) is 6.58 Å². The second kappa shape index (κ2) is 19.4. The van der Waals surface area contributed by atoms with Crippen LogP contribution in [0.15, 0.2) is 55.3 Å². The van der Waals surface area contributed by atoms with Gasteiger partial charge >= 0.3 is 0 Å². The molecule has 2 aromatic rings. The van der Waals surface area contributed by atoms with Crippen LogP contribution in [0.4, 0.5) is 5.69 Å². The molecule has 5 nitrogen and oxygen atoms in total. The molecular weight excluding hydrogens is 316 g/mol. The van der Waals surface area contributed by atoms with E-state index in [1.807, 2.05) is 34.6 Å². The number of nitrogens with one attached hydrogen (secondary N) is 1. The molecule has 2 rings (SSSR count). The smallest absolute Gasteiger partial charge is 0.272 e. The van der Waals surface area contributed by atoms with E-state index in [4.69, 9.17) is 0 Å². The number of nitro benzene ring substituents is 1. The molecule has 0 fully saturated rings. The van der Waals surface area contributed by atoms with E-state index in [1.54, 1.807) is 49.5 Å². The monoisotopic (exact) mass is 348 g/mol. The number of para-hydroxylation sites is 1. The summed E-state index contributed by atoms with van der Waals surface area (Å²) in [6.07, 6.45) is 3.48. The van der Waals surface area contributed by atoms with Gasteiger partial charge in [-0.25, -0.2) is 0 Å². The van der Waals surface area contributed by atoms with Crippen molar-refractivity contribution in [2.45, 2.75) is 48.5 Å². The first-order valence-corrected chi connectivity index (χ1v) is 8.35. The van der Waals surface area contributed by atoms with E-state index in [0.29, 0.717) is 11.3 Å². The lowest BCUT2D eigenvalue weighted by Crippen LogP contribution is -1.89. The summed E-state index contributed by atoms with van der Waals surface area (Å²) in [6, 6.07) is 10.2. The lowest BCUT2D eigenvalue weighted by molar-refractivity contribution is -0.385. The van der Waals surface area contributed by atoms with E-state index in [-0.39, 0.29) is 16.4 Å². The van der Waals surface area contributed by atoms with Gasteiger partial charge in [0.1, 0.15) is 0 Å². The summed E-state index contributed by atoms with van der Waals surface area (Å²) in [7, 11) is 0. The van der Waals surface area contributed by atoms with Crippen molar-refractivity contribution in [1.29, 1.82) is 0 Å². The lowest BCUT2D eigenvalue weighted by atomic mass is 10.2. The Hall–Kier alpha value is -2.69. The first-order chi connectivity index (χ1) is 11.9. The summed E-state index contributed by atoms with van der Waals surface area (Å²) in [6.45, 7) is 16.5. The zero-order valence-corrected chi connectivity index (χ0v) is 16.5. The van der Waals surface area contributed by atoms with Crippen molar-refractivity contribution in [3.63, 3.8) is 0 Å². The number of nitro groups is 1. The van der Waals surface area contributed by atoms with Crippen LogP contribution in [0.3, 0.4) is 0 Å². The predicted octanol–water partition coefficient (Wildman–Crippen LogP) is 6.37. The van der Waals surface area contributed by atoms with Gasteiger partial charge in [-0.2, -0.15) is 0 Å². The summed E-state index contributed by atoms with van der Waals surface area (Å²) in [5.41, 5.74) is 1.56. The van der Waals surface area contributed by atoms with Crippen molar-refractivity contribution in [2.75, 3.05) is 0 Å². The molecule has 0 aliphatic rings. The molecule has 0 amide bonds. The Labute approximate surface area is 151 Å². The Kier molecular flexibility index (Phi) is 21.0. The second-order valence-electron chi connectivity index (χ2n) is 4.09. The first kappa shape index (κ1) is 27.2. The minimum absolute atomic E-state index is 0.0787. The highest BCUT2D eigenvalue weighted by Gasteiger charge is 2.06. The third kappa shape index (κ3) is 14.6. The van der Waals surface area contributed by atoms with Crippen molar-refractivity contribution in [3.05, 3.63) is 76.6 Å². The summed E-state index contributed by atoms with van der Waals surface area (Å²) in [5.74, 6) is 0.0787. The Morgan fingerprint density at radius 3 is 1.84 bits per heavy atom. The Balaban J connectivity index is -0.000000289. The van der Waals surface area contributed by atoms with Gasteiger partial charge in [-0.1, -0.05) is 52.0 Å². The number of allylic oxidation sites excluding steroid dienone is 1. The van der Waals surface area contributed by atoms with Gasteiger partial charge in [0.05, 0.1) is 10.6 Å². The second-order valence-corrected chi connectivity index (χ2v) is 4.09. The van der Waals surface area contributed by atoms with E-state index >= 15 is 0 Å². The zero-order valence-electron chi connectivity index (χ0n) is 16.5. The number of carbonyl (C=O) groups is 1. The van der Waals surface area contributed by atoms with Crippen LogP contribution in [0.1, 0.15) is 57.6 Å². The van der Waals surface area contributed by atoms with Gasteiger partial charge in [0.2, 0.25) is 0 Å². The lowest BCUT2D eigenvalue weighted by Gasteiger charge is -1.92. The van der Waals surface area contributed by atoms with Crippen LogP contribution in [0.2, 0.25) is 0 Å². The predicted molar refractivity (Wildman–Crippen MR) is 107 cm³/mol. The van der Waals surface area contributed by atoms with Crippen LogP contribution < -0.4 is 0 Å². The molecule has 1 heterocycles. The number of H-pyrrole nitrogens is 1. The summed E-state index contributed by atoms with van der Waals surface area (Å²) < 4.78 is 0. The van der Waals surface area contributed by atoms with E-state index in [1.165, 1.54) is 13.0 Å². The average Bonchev–Trinajstić information content (AvgIpc) is 3.15. The van der Waals surface area contributed by atoms with Crippen LogP contribution in [0.5, 0.6) is 0 Å². The minimum atomic E-state index is -0.380. The van der Waals surface area contributed by atoms with E-state index in [2.05, 4.69) is 11.6 Å². The zero-order chi connectivity index (χ0) is 20.3. The number of Topliss-reactive ketones (excluding diaryl/α,β-unsaturated/α-hetero) is 1. The summed E-state index contributed by atoms with van der Waals surface area (Å²) >= 11 is 0. The maximum atomic E-state index is 10.5. The normalized spacial score (nSPS) is 7.64. The highest BCUT2D eigenvalue weighted by Crippen LogP contribution is 2.14. The number of hydrogen-bond acceptors (Lipinski definition) is 3. The Morgan fingerprint density at radius 1 is 1.12 bits per heavy atom. The molecule has 0 unspecified atom stereocenters. The number of aromatic amines is 1. The molecule has 0 spiro atoms. The molecule has 0 bridgehead atoms. The number of aryl methyl sites for hydroxylation is 1. The fourth-order valence-electron chi connectivity index (χ4n) is 1.32. The molecule has 1 aromatic carbocycles. The highest BCUT2D eigenvalue weighted by molar-refractivity contribution is 5.92. The van der Waals surface area contributed by atoms with Crippen LogP contribution in [0, 0.1) is 17.0 Å². The van der Waals surface area contributed by atoms with Gasteiger partial charge in [-0.3, -0.25) is 14.9 Å². The fourth-order valence-corrected chi connectivity index (χ4v) is 1.32. The van der Waals surface area contributed by atoms with Crippen molar-refractivity contribution in [2.24, 2.45) is 0 Å². The molecule has 0 aliphatic carbocycles. The number of hydrogen-bond donors (Lipinski definition) is 1. The van der Waals surface area contributed by atoms with Crippen LogP contribution >= 0.6 is 0 Å². The first-order valence-electron chi connectivity index (χ1n) is 8.35. The minimum Gasteiger partial charge on any atom is -0.359 e. The van der Waals surface area contributed by atoms with Crippen molar-refractivity contribution in [1.82, 2.24) is 4.98 Å². The largest absolute Gasteiger partial charge is 0.359 e. The third-order valence-electron chi connectivity index (χ3n) is 2.29. The van der Waals surface area contributed by atoms with Crippen LogP contribution in [-0.2, 0) is 0 Å². The van der Waals surface area contributed by atoms with E-state index in [9.17, 15) is 14.9 Å². The van der Waals surface area contributed by atoms with Crippen LogP contribution in [0.25, 0.3) is 0 Å². The average molecular weight is 348 g/mol. The molecule has 0 atom stereocenters. The van der Waals surface area contributed by atoms with Crippen LogP contribution in [-0.4, -0.2) is 15.7 Å². The molecular formula is C20H32N2O3. The Bertz CT molecular complexity index is 576. The summed E-state index contributed by atoms with van der Waals surface area (Å²) in [5, 5.41) is 10.2. The van der Waals surface area contributed by atoms with Gasteiger partial charge in [0.25, 0.3) is 5.69 Å². The number of carbonyl (C=O) groups excluding carboxylic acids is 1.